The maximum Gasteiger partial charge on any atom is 0.164 e. The van der Waals surface area contributed by atoms with Crippen molar-refractivity contribution >= 4 is 32.7 Å². The van der Waals surface area contributed by atoms with Crippen LogP contribution in [-0.4, -0.2) is 15.0 Å². The maximum absolute atomic E-state index is 6.61. The normalized spacial score (nSPS) is 11.4. The van der Waals surface area contributed by atoms with Gasteiger partial charge in [-0.15, -0.1) is 0 Å². The summed E-state index contributed by atoms with van der Waals surface area (Å²) in [6.45, 7) is 0. The summed E-state index contributed by atoms with van der Waals surface area (Å²) in [7, 11) is 0. The molecule has 0 radical (unpaired) electrons. The third-order valence-corrected chi connectivity index (χ3v) is 11.1. The molecule has 11 aromatic rings. The molecule has 9 aromatic carbocycles. The summed E-state index contributed by atoms with van der Waals surface area (Å²) < 4.78 is 6.61. The predicted octanol–water partition coefficient (Wildman–Crippen LogP) is 14.6. The number of fused-ring (bicyclic) bond motifs is 4. The minimum atomic E-state index is 0.572. The summed E-state index contributed by atoms with van der Waals surface area (Å²) >= 11 is 0. The van der Waals surface area contributed by atoms with E-state index < -0.39 is 0 Å². The van der Waals surface area contributed by atoms with Crippen LogP contribution < -0.4 is 0 Å². The topological polar surface area (TPSA) is 51.8 Å². The fourth-order valence-electron chi connectivity index (χ4n) is 8.11. The van der Waals surface area contributed by atoms with Gasteiger partial charge in [-0.3, -0.25) is 0 Å². The van der Waals surface area contributed by atoms with Crippen molar-refractivity contribution in [3.05, 3.63) is 212 Å². The highest BCUT2D eigenvalue weighted by atomic mass is 16.3. The first-order valence-electron chi connectivity index (χ1n) is 19.8. The van der Waals surface area contributed by atoms with Crippen LogP contribution in [0.2, 0.25) is 0 Å². The van der Waals surface area contributed by atoms with Crippen LogP contribution in [-0.2, 0) is 0 Å². The first-order valence-corrected chi connectivity index (χ1v) is 19.8. The Labute approximate surface area is 341 Å². The minimum absolute atomic E-state index is 0.572. The van der Waals surface area contributed by atoms with E-state index in [1.165, 1.54) is 10.8 Å². The van der Waals surface area contributed by atoms with Crippen LogP contribution >= 0.6 is 0 Å². The average molecular weight is 754 g/mol. The van der Waals surface area contributed by atoms with E-state index in [0.29, 0.717) is 17.5 Å². The van der Waals surface area contributed by atoms with Crippen molar-refractivity contribution in [1.82, 2.24) is 15.0 Å². The van der Waals surface area contributed by atoms with Gasteiger partial charge in [0.25, 0.3) is 0 Å². The quantitative estimate of drug-likeness (QED) is 0.163. The lowest BCUT2D eigenvalue weighted by molar-refractivity contribution is 0.669. The minimum Gasteiger partial charge on any atom is -0.456 e. The monoisotopic (exact) mass is 753 g/mol. The third-order valence-electron chi connectivity index (χ3n) is 11.1. The summed E-state index contributed by atoms with van der Waals surface area (Å²) in [6.07, 6.45) is 0. The second kappa shape index (κ2) is 14.5. The molecular weight excluding hydrogens is 719 g/mol. The third kappa shape index (κ3) is 6.53. The number of para-hydroxylation sites is 1. The van der Waals surface area contributed by atoms with E-state index in [-0.39, 0.29) is 0 Å². The zero-order chi connectivity index (χ0) is 39.1. The first kappa shape index (κ1) is 34.3. The Morgan fingerprint density at radius 2 is 0.746 bits per heavy atom. The summed E-state index contributed by atoms with van der Waals surface area (Å²) in [4.78, 5) is 16.0. The zero-order valence-electron chi connectivity index (χ0n) is 32.0. The number of hydrogen-bond acceptors (Lipinski definition) is 4. The highest BCUT2D eigenvalue weighted by molar-refractivity contribution is 6.13. The van der Waals surface area contributed by atoms with Gasteiger partial charge in [0, 0.05) is 27.5 Å². The Hall–Kier alpha value is -7.95. The van der Waals surface area contributed by atoms with Gasteiger partial charge in [0.1, 0.15) is 11.2 Å². The fraction of sp³-hybridized carbons (Fsp3) is 0. The van der Waals surface area contributed by atoms with Gasteiger partial charge in [-0.1, -0.05) is 170 Å². The Morgan fingerprint density at radius 1 is 0.271 bits per heavy atom. The molecule has 0 unspecified atom stereocenters. The number of benzene rings is 9. The molecular formula is C55H35N3O. The second-order valence-electron chi connectivity index (χ2n) is 14.8. The van der Waals surface area contributed by atoms with Crippen LogP contribution in [0.3, 0.4) is 0 Å². The van der Waals surface area contributed by atoms with Crippen molar-refractivity contribution in [1.29, 1.82) is 0 Å². The van der Waals surface area contributed by atoms with Crippen molar-refractivity contribution in [2.75, 3.05) is 0 Å². The first-order chi connectivity index (χ1) is 29.2. The summed E-state index contributed by atoms with van der Waals surface area (Å²) in [5, 5.41) is 4.35. The SMILES string of the molecule is c1ccc(-c2ccc(-c3nc(-c4cc(-c5ccccc5)cc(-c5ccccc5)c4)nc(-c4cc(-c5ccc6ccccc6c5)cc5oc6ccccc6c45)n3)cc2)cc1. The number of hydrogen-bond donors (Lipinski definition) is 0. The molecule has 2 aromatic heterocycles. The number of nitrogens with zero attached hydrogens (tertiary/aromatic N) is 3. The summed E-state index contributed by atoms with van der Waals surface area (Å²) in [5.74, 6) is 1.75. The second-order valence-corrected chi connectivity index (χ2v) is 14.8. The summed E-state index contributed by atoms with van der Waals surface area (Å²) in [6, 6.07) is 74.1. The molecule has 11 rings (SSSR count). The molecule has 0 fully saturated rings. The van der Waals surface area contributed by atoms with E-state index in [9.17, 15) is 0 Å². The number of furan rings is 1. The Balaban J connectivity index is 1.17. The Kier molecular flexibility index (Phi) is 8.45. The van der Waals surface area contributed by atoms with Gasteiger partial charge < -0.3 is 4.42 Å². The van der Waals surface area contributed by atoms with E-state index in [1.54, 1.807) is 0 Å². The zero-order valence-corrected chi connectivity index (χ0v) is 32.0. The van der Waals surface area contributed by atoms with E-state index in [1.807, 2.05) is 30.3 Å². The van der Waals surface area contributed by atoms with Crippen LogP contribution in [0, 0.1) is 0 Å². The van der Waals surface area contributed by atoms with Crippen molar-refractivity contribution in [2.45, 2.75) is 0 Å². The molecule has 4 nitrogen and oxygen atoms in total. The van der Waals surface area contributed by atoms with Crippen molar-refractivity contribution < 1.29 is 4.42 Å². The molecule has 0 amide bonds. The van der Waals surface area contributed by atoms with Gasteiger partial charge >= 0.3 is 0 Å². The molecule has 59 heavy (non-hydrogen) atoms. The average Bonchev–Trinajstić information content (AvgIpc) is 3.70. The van der Waals surface area contributed by atoms with Gasteiger partial charge in [0.05, 0.1) is 0 Å². The van der Waals surface area contributed by atoms with Crippen LogP contribution in [0.25, 0.3) is 111 Å². The van der Waals surface area contributed by atoms with E-state index in [4.69, 9.17) is 19.4 Å². The van der Waals surface area contributed by atoms with Crippen molar-refractivity contribution in [3.63, 3.8) is 0 Å². The fourth-order valence-corrected chi connectivity index (χ4v) is 8.11. The molecule has 0 saturated heterocycles. The largest absolute Gasteiger partial charge is 0.456 e. The number of rotatable bonds is 7. The van der Waals surface area contributed by atoms with Gasteiger partial charge in [-0.05, 0) is 97.7 Å². The van der Waals surface area contributed by atoms with Crippen LogP contribution in [0.4, 0.5) is 0 Å². The van der Waals surface area contributed by atoms with Gasteiger partial charge in [-0.2, -0.15) is 0 Å². The highest BCUT2D eigenvalue weighted by Crippen LogP contribution is 2.41. The molecule has 0 aliphatic carbocycles. The lowest BCUT2D eigenvalue weighted by Crippen LogP contribution is -2.01. The standard InChI is InChI=1S/C55H35N3O/c1-4-14-36(15-5-1)40-24-27-41(28-25-40)53-56-54(47-32-44(37-16-6-2-7-17-37)31-45(33-47)38-18-8-3-9-19-38)58-55(57-53)49-34-46(43-29-26-39-20-10-11-21-42(39)30-43)35-51-52(49)48-22-12-13-23-50(48)59-51/h1-35H. The van der Waals surface area contributed by atoms with E-state index in [0.717, 1.165) is 83.1 Å². The van der Waals surface area contributed by atoms with Gasteiger partial charge in [0.2, 0.25) is 0 Å². The predicted molar refractivity (Wildman–Crippen MR) is 243 cm³/mol. The molecule has 4 heteroatoms. The van der Waals surface area contributed by atoms with Crippen LogP contribution in [0.5, 0.6) is 0 Å². The number of aromatic nitrogens is 3. The molecule has 0 aliphatic heterocycles. The molecule has 2 heterocycles. The smallest absolute Gasteiger partial charge is 0.164 e. The lowest BCUT2D eigenvalue weighted by atomic mass is 9.95. The summed E-state index contributed by atoms with van der Waals surface area (Å²) in [5.41, 5.74) is 13.1. The van der Waals surface area contributed by atoms with Crippen LogP contribution in [0.1, 0.15) is 0 Å². The maximum atomic E-state index is 6.61. The molecule has 0 atom stereocenters. The molecule has 0 spiro atoms. The lowest BCUT2D eigenvalue weighted by Gasteiger charge is -2.14. The highest BCUT2D eigenvalue weighted by Gasteiger charge is 2.21. The van der Waals surface area contributed by atoms with Gasteiger partial charge in [0.15, 0.2) is 17.5 Å². The van der Waals surface area contributed by atoms with Crippen LogP contribution in [0.15, 0.2) is 217 Å². The van der Waals surface area contributed by atoms with E-state index >= 15 is 0 Å². The van der Waals surface area contributed by atoms with E-state index in [2.05, 4.69) is 182 Å². The molecule has 0 bridgehead atoms. The van der Waals surface area contributed by atoms with Crippen molar-refractivity contribution in [3.8, 4) is 78.7 Å². The Morgan fingerprint density at radius 3 is 1.42 bits per heavy atom. The molecule has 0 N–H and O–H groups in total. The van der Waals surface area contributed by atoms with Crippen molar-refractivity contribution in [2.24, 2.45) is 0 Å². The Bertz CT molecular complexity index is 3240. The molecule has 0 aliphatic rings. The molecule has 276 valence electrons. The molecule has 0 saturated carbocycles. The van der Waals surface area contributed by atoms with Gasteiger partial charge in [-0.25, -0.2) is 15.0 Å².